The van der Waals surface area contributed by atoms with Crippen LogP contribution in [0.5, 0.6) is 0 Å². The number of nitro benzene ring substituents is 1. The SMILES string of the molecule is O=C(Nc1ccc([N+](=O)[O-])cc1Cl)C(F)(F)C(F)(F)C(F)(F)C(F)(F)F. The van der Waals surface area contributed by atoms with Crippen LogP contribution in [0.15, 0.2) is 18.2 Å². The number of hydrogen-bond donors (Lipinski definition) is 1. The summed E-state index contributed by atoms with van der Waals surface area (Å²) in [5.74, 6) is -24.1. The van der Waals surface area contributed by atoms with E-state index < -0.39 is 51.2 Å². The van der Waals surface area contributed by atoms with Crippen molar-refractivity contribution in [3.63, 3.8) is 0 Å². The van der Waals surface area contributed by atoms with Crippen molar-refractivity contribution in [1.29, 1.82) is 0 Å². The molecule has 0 aliphatic rings. The highest BCUT2D eigenvalue weighted by atomic mass is 35.5. The molecule has 1 aromatic carbocycles. The van der Waals surface area contributed by atoms with Gasteiger partial charge >= 0.3 is 29.9 Å². The lowest BCUT2D eigenvalue weighted by atomic mass is 10.0. The van der Waals surface area contributed by atoms with Gasteiger partial charge in [0, 0.05) is 12.1 Å². The Bertz CT molecular complexity index is 736. The van der Waals surface area contributed by atoms with Crippen molar-refractivity contribution in [1.82, 2.24) is 0 Å². The van der Waals surface area contributed by atoms with Crippen LogP contribution in [0.1, 0.15) is 0 Å². The Morgan fingerprint density at radius 1 is 1.00 bits per heavy atom. The molecule has 0 saturated carbocycles. The number of nitrogens with zero attached hydrogens (tertiary/aromatic N) is 1. The highest BCUT2D eigenvalue weighted by molar-refractivity contribution is 6.34. The minimum Gasteiger partial charge on any atom is -0.319 e. The lowest BCUT2D eigenvalue weighted by molar-refractivity contribution is -0.388. The fourth-order valence-electron chi connectivity index (χ4n) is 1.44. The van der Waals surface area contributed by atoms with Crippen molar-refractivity contribution < 1.29 is 49.2 Å². The van der Waals surface area contributed by atoms with Crippen LogP contribution in [0.25, 0.3) is 0 Å². The smallest absolute Gasteiger partial charge is 0.319 e. The van der Waals surface area contributed by atoms with Gasteiger partial charge in [-0.2, -0.15) is 39.5 Å². The predicted octanol–water partition coefficient (Wildman–Crippen LogP) is 4.65. The molecule has 0 bridgehead atoms. The lowest BCUT2D eigenvalue weighted by Crippen LogP contribution is -2.64. The predicted molar refractivity (Wildman–Crippen MR) is 67.6 cm³/mol. The van der Waals surface area contributed by atoms with Crippen LogP contribution in [-0.2, 0) is 4.79 Å². The Kier molecular flexibility index (Phi) is 5.43. The summed E-state index contributed by atoms with van der Waals surface area (Å²) in [5, 5.41) is 10.5. The third kappa shape index (κ3) is 3.50. The second-order valence-corrected chi connectivity index (χ2v) is 5.00. The number of rotatable bonds is 5. The minimum absolute atomic E-state index is 0.481. The second kappa shape index (κ2) is 6.48. The zero-order chi connectivity index (χ0) is 20.7. The first-order valence-corrected chi connectivity index (χ1v) is 6.30. The van der Waals surface area contributed by atoms with Crippen molar-refractivity contribution in [2.75, 3.05) is 5.32 Å². The quantitative estimate of drug-likeness (QED) is 0.430. The first kappa shape index (κ1) is 21.8. The van der Waals surface area contributed by atoms with Crippen molar-refractivity contribution in [2.45, 2.75) is 23.9 Å². The maximum Gasteiger partial charge on any atom is 0.460 e. The largest absolute Gasteiger partial charge is 0.460 e. The van der Waals surface area contributed by atoms with Crippen LogP contribution >= 0.6 is 11.6 Å². The monoisotopic (exact) mass is 418 g/mol. The van der Waals surface area contributed by atoms with E-state index in [9.17, 15) is 54.4 Å². The van der Waals surface area contributed by atoms with Crippen LogP contribution in [0.2, 0.25) is 5.02 Å². The van der Waals surface area contributed by atoms with Crippen molar-refractivity contribution in [3.05, 3.63) is 33.3 Å². The van der Waals surface area contributed by atoms with Gasteiger partial charge in [0.15, 0.2) is 0 Å². The molecule has 0 aliphatic carbocycles. The van der Waals surface area contributed by atoms with Gasteiger partial charge in [0.2, 0.25) is 0 Å². The molecule has 0 fully saturated rings. The molecule has 0 heterocycles. The first-order valence-electron chi connectivity index (χ1n) is 5.92. The van der Waals surface area contributed by atoms with E-state index in [-0.39, 0.29) is 0 Å². The van der Waals surface area contributed by atoms with Gasteiger partial charge in [0.05, 0.1) is 15.6 Å². The third-order valence-corrected chi connectivity index (χ3v) is 3.15. The molecule has 0 aromatic heterocycles. The Morgan fingerprint density at radius 3 is 1.88 bits per heavy atom. The molecule has 0 radical (unpaired) electrons. The van der Waals surface area contributed by atoms with Crippen LogP contribution in [0.3, 0.4) is 0 Å². The van der Waals surface area contributed by atoms with E-state index in [2.05, 4.69) is 0 Å². The van der Waals surface area contributed by atoms with Crippen molar-refractivity contribution >= 4 is 28.9 Å². The van der Waals surface area contributed by atoms with Gasteiger partial charge in [-0.1, -0.05) is 11.6 Å². The fraction of sp³-hybridized carbons (Fsp3) is 0.364. The number of halogens is 10. The molecule has 1 amide bonds. The number of benzene rings is 1. The Morgan fingerprint density at radius 2 is 1.50 bits per heavy atom. The van der Waals surface area contributed by atoms with E-state index in [4.69, 9.17) is 11.6 Å². The molecule has 15 heteroatoms. The molecule has 0 unspecified atom stereocenters. The van der Waals surface area contributed by atoms with E-state index in [1.165, 1.54) is 0 Å². The number of nitrogens with one attached hydrogen (secondary N) is 1. The molecule has 1 aromatic rings. The van der Waals surface area contributed by atoms with Crippen LogP contribution < -0.4 is 5.32 Å². The number of alkyl halides is 9. The number of carbonyl (C=O) groups excluding carboxylic acids is 1. The molecule has 1 rings (SSSR count). The number of non-ortho nitro benzene ring substituents is 1. The Balaban J connectivity index is 3.21. The average Bonchev–Trinajstić information content (AvgIpc) is 2.47. The van der Waals surface area contributed by atoms with Gasteiger partial charge in [-0.3, -0.25) is 14.9 Å². The summed E-state index contributed by atoms with van der Waals surface area (Å²) < 4.78 is 114. The normalized spacial score (nSPS) is 13.5. The molecule has 0 aliphatic heterocycles. The molecular formula is C11H4ClF9N2O3. The van der Waals surface area contributed by atoms with E-state index in [0.29, 0.717) is 18.2 Å². The van der Waals surface area contributed by atoms with Gasteiger partial charge in [0.1, 0.15) is 0 Å². The number of hydrogen-bond acceptors (Lipinski definition) is 3. The van der Waals surface area contributed by atoms with E-state index >= 15 is 0 Å². The van der Waals surface area contributed by atoms with Crippen molar-refractivity contribution in [2.24, 2.45) is 0 Å². The van der Waals surface area contributed by atoms with E-state index in [0.717, 1.165) is 5.32 Å². The Hall–Kier alpha value is -2.25. The van der Waals surface area contributed by atoms with Gasteiger partial charge in [-0.15, -0.1) is 0 Å². The lowest BCUT2D eigenvalue weighted by Gasteiger charge is -2.32. The van der Waals surface area contributed by atoms with E-state index in [1.807, 2.05) is 0 Å². The molecule has 0 saturated heterocycles. The van der Waals surface area contributed by atoms with Crippen LogP contribution in [0.4, 0.5) is 50.9 Å². The van der Waals surface area contributed by atoms with Gasteiger partial charge < -0.3 is 5.32 Å². The summed E-state index contributed by atoms with van der Waals surface area (Å²) >= 11 is 5.36. The third-order valence-electron chi connectivity index (χ3n) is 2.84. The Labute approximate surface area is 141 Å². The number of nitro groups is 1. The number of anilines is 1. The molecular weight excluding hydrogens is 415 g/mol. The minimum atomic E-state index is -7.24. The number of amides is 1. The van der Waals surface area contributed by atoms with E-state index in [1.54, 1.807) is 0 Å². The summed E-state index contributed by atoms with van der Waals surface area (Å²) in [7, 11) is 0. The number of carbonyl (C=O) groups is 1. The van der Waals surface area contributed by atoms with Crippen LogP contribution in [0, 0.1) is 10.1 Å². The highest BCUT2D eigenvalue weighted by Gasteiger charge is 2.83. The maximum atomic E-state index is 13.4. The van der Waals surface area contributed by atoms with Gasteiger partial charge in [-0.25, -0.2) is 0 Å². The first-order chi connectivity index (χ1) is 11.5. The summed E-state index contributed by atoms with van der Waals surface area (Å²) in [4.78, 5) is 20.6. The van der Waals surface area contributed by atoms with Gasteiger partial charge in [0.25, 0.3) is 5.69 Å². The fourth-order valence-corrected chi connectivity index (χ4v) is 1.66. The molecule has 0 spiro atoms. The van der Waals surface area contributed by atoms with Crippen LogP contribution in [-0.4, -0.2) is 34.8 Å². The maximum absolute atomic E-state index is 13.4. The zero-order valence-corrected chi connectivity index (χ0v) is 12.4. The molecule has 5 nitrogen and oxygen atoms in total. The zero-order valence-electron chi connectivity index (χ0n) is 11.7. The second-order valence-electron chi connectivity index (χ2n) is 4.60. The summed E-state index contributed by atoms with van der Waals surface area (Å²) in [6.07, 6.45) is -7.08. The topological polar surface area (TPSA) is 72.2 Å². The highest BCUT2D eigenvalue weighted by Crippen LogP contribution is 2.53. The summed E-state index contributed by atoms with van der Waals surface area (Å²) in [6, 6.07) is 1.54. The molecule has 26 heavy (non-hydrogen) atoms. The standard InChI is InChI=1S/C11H4ClF9N2O3/c12-5-3-4(23(25)26)1-2-6(5)22-7(24)8(13,14)9(15,16)10(17,18)11(19,20)21/h1-3H,(H,22,24). The average molecular weight is 419 g/mol. The summed E-state index contributed by atoms with van der Waals surface area (Å²) in [6.45, 7) is 0. The summed E-state index contributed by atoms with van der Waals surface area (Å²) in [5.41, 5.74) is -1.68. The molecule has 146 valence electrons. The van der Waals surface area contributed by atoms with Gasteiger partial charge in [-0.05, 0) is 6.07 Å². The van der Waals surface area contributed by atoms with Crippen molar-refractivity contribution in [3.8, 4) is 0 Å². The molecule has 1 N–H and O–H groups in total. The molecule has 0 atom stereocenters.